The SMILES string of the molecule is Cc1ccc(-n2cccn2)c(C(=O)N2CCC[C@@H](C)[C@H]2CI)n1. The molecule has 122 valence electrons. The van der Waals surface area contributed by atoms with Gasteiger partial charge in [-0.3, -0.25) is 4.79 Å². The summed E-state index contributed by atoms with van der Waals surface area (Å²) in [6, 6.07) is 5.98. The van der Waals surface area contributed by atoms with Crippen molar-refractivity contribution in [1.29, 1.82) is 0 Å². The molecule has 0 unspecified atom stereocenters. The van der Waals surface area contributed by atoms with E-state index in [1.165, 1.54) is 6.42 Å². The Labute approximate surface area is 150 Å². The van der Waals surface area contributed by atoms with Crippen molar-refractivity contribution >= 4 is 28.5 Å². The molecule has 23 heavy (non-hydrogen) atoms. The molecule has 5 nitrogen and oxygen atoms in total. The molecule has 1 aliphatic heterocycles. The fraction of sp³-hybridized carbons (Fsp3) is 0.471. The van der Waals surface area contributed by atoms with Gasteiger partial charge in [-0.25, -0.2) is 9.67 Å². The molecular formula is C17H21IN4O. The van der Waals surface area contributed by atoms with E-state index >= 15 is 0 Å². The maximum absolute atomic E-state index is 13.2. The number of rotatable bonds is 3. The molecule has 0 N–H and O–H groups in total. The molecule has 2 aromatic heterocycles. The Kier molecular flexibility index (Phi) is 4.99. The summed E-state index contributed by atoms with van der Waals surface area (Å²) in [6.07, 6.45) is 5.80. The summed E-state index contributed by atoms with van der Waals surface area (Å²) in [6.45, 7) is 4.96. The summed E-state index contributed by atoms with van der Waals surface area (Å²) in [5.74, 6) is 0.551. The highest BCUT2D eigenvalue weighted by Crippen LogP contribution is 2.27. The Balaban J connectivity index is 2.00. The third-order valence-electron chi connectivity index (χ3n) is 4.50. The van der Waals surface area contributed by atoms with Gasteiger partial charge < -0.3 is 4.90 Å². The molecule has 1 aliphatic rings. The lowest BCUT2D eigenvalue weighted by atomic mass is 9.91. The zero-order valence-corrected chi connectivity index (χ0v) is 15.6. The molecule has 1 amide bonds. The number of hydrogen-bond acceptors (Lipinski definition) is 3. The summed E-state index contributed by atoms with van der Waals surface area (Å²) < 4.78 is 2.67. The zero-order valence-electron chi connectivity index (χ0n) is 13.4. The van der Waals surface area contributed by atoms with Gasteiger partial charge in [0.25, 0.3) is 5.91 Å². The molecule has 2 aromatic rings. The minimum absolute atomic E-state index is 0.0208. The molecule has 0 saturated carbocycles. The third kappa shape index (κ3) is 3.27. The number of hydrogen-bond donors (Lipinski definition) is 0. The molecule has 0 aliphatic carbocycles. The number of carbonyl (C=O) groups is 1. The average Bonchev–Trinajstić information content (AvgIpc) is 3.08. The van der Waals surface area contributed by atoms with Crippen molar-refractivity contribution in [1.82, 2.24) is 19.7 Å². The van der Waals surface area contributed by atoms with Gasteiger partial charge in [-0.2, -0.15) is 5.10 Å². The fourth-order valence-electron chi connectivity index (χ4n) is 3.18. The van der Waals surface area contributed by atoms with Gasteiger partial charge >= 0.3 is 0 Å². The van der Waals surface area contributed by atoms with Crippen LogP contribution < -0.4 is 0 Å². The molecule has 2 atom stereocenters. The normalized spacial score (nSPS) is 21.4. The van der Waals surface area contributed by atoms with Gasteiger partial charge in [-0.05, 0) is 43.9 Å². The van der Waals surface area contributed by atoms with Crippen LogP contribution in [0.1, 0.15) is 35.9 Å². The second kappa shape index (κ2) is 6.98. The van der Waals surface area contributed by atoms with Crippen molar-refractivity contribution < 1.29 is 4.79 Å². The molecule has 1 saturated heterocycles. The Bertz CT molecular complexity index is 686. The smallest absolute Gasteiger partial charge is 0.274 e. The fourth-order valence-corrected chi connectivity index (χ4v) is 4.52. The molecule has 1 fully saturated rings. The van der Waals surface area contributed by atoms with Crippen LogP contribution in [-0.2, 0) is 0 Å². The van der Waals surface area contributed by atoms with E-state index in [2.05, 4.69) is 39.6 Å². The topological polar surface area (TPSA) is 51.0 Å². The largest absolute Gasteiger partial charge is 0.333 e. The minimum atomic E-state index is 0.0208. The Morgan fingerprint density at radius 2 is 2.26 bits per heavy atom. The van der Waals surface area contributed by atoms with Gasteiger partial charge in [0.2, 0.25) is 0 Å². The standard InChI is InChI=1S/C17H21IN4O/c1-12-5-3-9-21(15(12)11-18)17(23)16-14(7-6-13(2)20-16)22-10-4-8-19-22/h4,6-8,10,12,15H,3,5,9,11H2,1-2H3/t12-,15-/m1/s1. The molecule has 0 bridgehead atoms. The van der Waals surface area contributed by atoms with Gasteiger partial charge in [0, 0.05) is 35.1 Å². The van der Waals surface area contributed by atoms with Crippen LogP contribution in [0.4, 0.5) is 0 Å². The highest BCUT2D eigenvalue weighted by Gasteiger charge is 2.33. The molecule has 6 heteroatoms. The highest BCUT2D eigenvalue weighted by molar-refractivity contribution is 14.1. The molecule has 0 spiro atoms. The summed E-state index contributed by atoms with van der Waals surface area (Å²) in [5, 5.41) is 4.26. The van der Waals surface area contributed by atoms with E-state index in [4.69, 9.17) is 0 Å². The van der Waals surface area contributed by atoms with Crippen LogP contribution in [0.2, 0.25) is 0 Å². The highest BCUT2D eigenvalue weighted by atomic mass is 127. The molecule has 0 radical (unpaired) electrons. The first-order chi connectivity index (χ1) is 11.1. The van der Waals surface area contributed by atoms with Crippen molar-refractivity contribution in [3.05, 3.63) is 42.0 Å². The molecule has 3 heterocycles. The zero-order chi connectivity index (χ0) is 16.4. The van der Waals surface area contributed by atoms with Crippen molar-refractivity contribution in [2.45, 2.75) is 32.7 Å². The summed E-state index contributed by atoms with van der Waals surface area (Å²) in [5.41, 5.74) is 2.09. The van der Waals surface area contributed by atoms with E-state index in [0.29, 0.717) is 11.6 Å². The monoisotopic (exact) mass is 424 g/mol. The third-order valence-corrected chi connectivity index (χ3v) is 5.40. The number of aromatic nitrogens is 3. The van der Waals surface area contributed by atoms with Gasteiger partial charge in [-0.1, -0.05) is 29.5 Å². The lowest BCUT2D eigenvalue weighted by Crippen LogP contribution is -2.49. The van der Waals surface area contributed by atoms with Crippen LogP contribution in [0.15, 0.2) is 30.6 Å². The lowest BCUT2D eigenvalue weighted by molar-refractivity contribution is 0.0557. The summed E-state index contributed by atoms with van der Waals surface area (Å²) >= 11 is 2.38. The number of likely N-dealkylation sites (tertiary alicyclic amines) is 1. The van der Waals surface area contributed by atoms with Crippen LogP contribution in [-0.4, -0.2) is 42.6 Å². The van der Waals surface area contributed by atoms with Crippen LogP contribution in [0.5, 0.6) is 0 Å². The molecular weight excluding hydrogens is 403 g/mol. The lowest BCUT2D eigenvalue weighted by Gasteiger charge is -2.39. The quantitative estimate of drug-likeness (QED) is 0.562. The Hall–Kier alpha value is -1.44. The van der Waals surface area contributed by atoms with E-state index in [-0.39, 0.29) is 11.9 Å². The maximum atomic E-state index is 13.2. The van der Waals surface area contributed by atoms with Gasteiger partial charge in [0.15, 0.2) is 5.69 Å². The number of aryl methyl sites for hydroxylation is 1. The van der Waals surface area contributed by atoms with E-state index in [9.17, 15) is 4.79 Å². The Morgan fingerprint density at radius 1 is 1.43 bits per heavy atom. The number of carbonyl (C=O) groups excluding carboxylic acids is 1. The summed E-state index contributed by atoms with van der Waals surface area (Å²) in [4.78, 5) is 19.8. The average molecular weight is 424 g/mol. The first-order valence-electron chi connectivity index (χ1n) is 7.96. The van der Waals surface area contributed by atoms with Crippen LogP contribution in [0.3, 0.4) is 0 Å². The van der Waals surface area contributed by atoms with E-state index in [1.807, 2.05) is 36.2 Å². The molecule has 3 rings (SSSR count). The number of amides is 1. The first-order valence-corrected chi connectivity index (χ1v) is 9.49. The second-order valence-electron chi connectivity index (χ2n) is 6.11. The predicted molar refractivity (Wildman–Crippen MR) is 98.2 cm³/mol. The van der Waals surface area contributed by atoms with Crippen molar-refractivity contribution in [2.24, 2.45) is 5.92 Å². The second-order valence-corrected chi connectivity index (χ2v) is 6.99. The van der Waals surface area contributed by atoms with Crippen LogP contribution in [0.25, 0.3) is 5.69 Å². The minimum Gasteiger partial charge on any atom is -0.333 e. The molecule has 0 aromatic carbocycles. The number of alkyl halides is 1. The number of pyridine rings is 1. The Morgan fingerprint density at radius 3 is 2.96 bits per heavy atom. The maximum Gasteiger partial charge on any atom is 0.274 e. The van der Waals surface area contributed by atoms with Crippen LogP contribution in [0, 0.1) is 12.8 Å². The van der Waals surface area contributed by atoms with Crippen molar-refractivity contribution in [2.75, 3.05) is 11.0 Å². The van der Waals surface area contributed by atoms with Gasteiger partial charge in [0.05, 0.1) is 5.69 Å². The van der Waals surface area contributed by atoms with Crippen molar-refractivity contribution in [3.8, 4) is 5.69 Å². The van der Waals surface area contributed by atoms with E-state index < -0.39 is 0 Å². The predicted octanol–water partition coefficient (Wildman–Crippen LogP) is 3.25. The van der Waals surface area contributed by atoms with Gasteiger partial charge in [-0.15, -0.1) is 0 Å². The number of nitrogens with zero attached hydrogens (tertiary/aromatic N) is 4. The van der Waals surface area contributed by atoms with E-state index in [0.717, 1.165) is 28.8 Å². The number of halogens is 1. The van der Waals surface area contributed by atoms with Crippen molar-refractivity contribution in [3.63, 3.8) is 0 Å². The van der Waals surface area contributed by atoms with E-state index in [1.54, 1.807) is 10.9 Å². The first kappa shape index (κ1) is 16.4. The number of piperidine rings is 1. The van der Waals surface area contributed by atoms with Crippen LogP contribution >= 0.6 is 22.6 Å². The summed E-state index contributed by atoms with van der Waals surface area (Å²) in [7, 11) is 0. The van der Waals surface area contributed by atoms with Gasteiger partial charge in [0.1, 0.15) is 0 Å².